The number of ether oxygens (including phenoxy) is 2. The van der Waals surface area contributed by atoms with Gasteiger partial charge in [-0.05, 0) is 43.4 Å². The Morgan fingerprint density at radius 3 is 2.44 bits per heavy atom. The molecular weight excluding hydrogens is 344 g/mol. The summed E-state index contributed by atoms with van der Waals surface area (Å²) < 4.78 is 10.8. The molecule has 0 aromatic heterocycles. The van der Waals surface area contributed by atoms with E-state index >= 15 is 0 Å². The molecule has 2 amide bonds. The van der Waals surface area contributed by atoms with Gasteiger partial charge < -0.3 is 19.7 Å². The molecule has 1 N–H and O–H groups in total. The summed E-state index contributed by atoms with van der Waals surface area (Å²) >= 11 is 0. The van der Waals surface area contributed by atoms with Gasteiger partial charge in [0.1, 0.15) is 11.4 Å². The van der Waals surface area contributed by atoms with Crippen LogP contribution in [0.3, 0.4) is 0 Å². The molecule has 3 fully saturated rings. The molecule has 1 saturated carbocycles. The highest BCUT2D eigenvalue weighted by Gasteiger charge is 2.47. The van der Waals surface area contributed by atoms with Crippen LogP contribution in [-0.2, 0) is 14.9 Å². The van der Waals surface area contributed by atoms with Gasteiger partial charge in [0.15, 0.2) is 0 Å². The number of benzene rings is 1. The Bertz CT molecular complexity index is 711. The van der Waals surface area contributed by atoms with E-state index in [1.807, 2.05) is 29.2 Å². The Morgan fingerprint density at radius 2 is 1.81 bits per heavy atom. The molecule has 2 saturated heterocycles. The molecule has 1 spiro atoms. The van der Waals surface area contributed by atoms with Gasteiger partial charge >= 0.3 is 6.09 Å². The molecule has 2 heterocycles. The van der Waals surface area contributed by atoms with E-state index < -0.39 is 11.0 Å². The van der Waals surface area contributed by atoms with Crippen molar-refractivity contribution in [3.63, 3.8) is 0 Å². The van der Waals surface area contributed by atoms with E-state index in [0.29, 0.717) is 19.5 Å². The van der Waals surface area contributed by atoms with Gasteiger partial charge in [-0.15, -0.1) is 0 Å². The largest absolute Gasteiger partial charge is 0.497 e. The third-order valence-electron chi connectivity index (χ3n) is 6.56. The molecule has 6 nitrogen and oxygen atoms in total. The number of alkyl carbamates (subject to hydrolysis) is 1. The van der Waals surface area contributed by atoms with Crippen molar-refractivity contribution in [3.8, 4) is 5.75 Å². The van der Waals surface area contributed by atoms with E-state index in [0.717, 1.165) is 56.4 Å². The number of rotatable bonds is 3. The van der Waals surface area contributed by atoms with Gasteiger partial charge in [0.25, 0.3) is 0 Å². The Balaban J connectivity index is 1.54. The lowest BCUT2D eigenvalue weighted by Crippen LogP contribution is -2.46. The molecule has 27 heavy (non-hydrogen) atoms. The van der Waals surface area contributed by atoms with Gasteiger partial charge in [-0.3, -0.25) is 4.79 Å². The molecular formula is C21H28N2O4. The summed E-state index contributed by atoms with van der Waals surface area (Å²) in [6.07, 6.45) is 6.00. The first kappa shape index (κ1) is 18.1. The van der Waals surface area contributed by atoms with Gasteiger partial charge in [0, 0.05) is 19.5 Å². The first-order valence-corrected chi connectivity index (χ1v) is 9.98. The number of carbonyl (C=O) groups is 2. The average molecular weight is 372 g/mol. The fourth-order valence-electron chi connectivity index (χ4n) is 4.97. The highest BCUT2D eigenvalue weighted by molar-refractivity contribution is 5.88. The van der Waals surface area contributed by atoms with Gasteiger partial charge in [-0.2, -0.15) is 0 Å². The highest BCUT2D eigenvalue weighted by atomic mass is 16.6. The molecule has 4 rings (SSSR count). The molecule has 1 aliphatic carbocycles. The summed E-state index contributed by atoms with van der Waals surface area (Å²) in [5.74, 6) is 1.05. The number of hydrogen-bond donors (Lipinski definition) is 1. The van der Waals surface area contributed by atoms with E-state index in [1.54, 1.807) is 7.11 Å². The van der Waals surface area contributed by atoms with Crippen molar-refractivity contribution in [2.45, 2.75) is 56.0 Å². The lowest BCUT2D eigenvalue weighted by Gasteiger charge is -2.35. The zero-order valence-corrected chi connectivity index (χ0v) is 16.0. The zero-order chi connectivity index (χ0) is 18.9. The van der Waals surface area contributed by atoms with E-state index in [1.165, 1.54) is 0 Å². The van der Waals surface area contributed by atoms with Crippen LogP contribution >= 0.6 is 0 Å². The quantitative estimate of drug-likeness (QED) is 0.886. The third kappa shape index (κ3) is 3.26. The maximum Gasteiger partial charge on any atom is 0.407 e. The summed E-state index contributed by atoms with van der Waals surface area (Å²) in [4.78, 5) is 27.2. The lowest BCUT2D eigenvalue weighted by molar-refractivity contribution is -0.137. The standard InChI is InChI=1S/C21H28N2O4/c1-26-17-7-5-16(6-8-17)21(10-2-3-11-21)18(24)23-13-4-9-20(12-14-23)15-22-19(25)27-20/h5-8H,2-4,9-15H2,1H3,(H,22,25)/t20-/m0/s1. The number of carbonyl (C=O) groups excluding carboxylic acids is 2. The number of nitrogens with one attached hydrogen (secondary N) is 1. The van der Waals surface area contributed by atoms with Crippen LogP contribution < -0.4 is 10.1 Å². The van der Waals surface area contributed by atoms with Crippen LogP contribution in [0.15, 0.2) is 24.3 Å². The van der Waals surface area contributed by atoms with Crippen LogP contribution in [0.4, 0.5) is 4.79 Å². The minimum absolute atomic E-state index is 0.236. The lowest BCUT2D eigenvalue weighted by atomic mass is 9.77. The summed E-state index contributed by atoms with van der Waals surface area (Å²) in [6.45, 7) is 1.93. The topological polar surface area (TPSA) is 67.9 Å². The van der Waals surface area contributed by atoms with Crippen LogP contribution in [-0.4, -0.2) is 49.2 Å². The molecule has 1 atom stereocenters. The van der Waals surface area contributed by atoms with Crippen molar-refractivity contribution in [1.29, 1.82) is 0 Å². The molecule has 1 aromatic rings. The SMILES string of the molecule is COc1ccc(C2(C(=O)N3CCC[C@]4(CC3)CNC(=O)O4)CCCC2)cc1. The first-order valence-electron chi connectivity index (χ1n) is 9.98. The van der Waals surface area contributed by atoms with Gasteiger partial charge in [0.2, 0.25) is 5.91 Å². The molecule has 6 heteroatoms. The number of amides is 2. The van der Waals surface area contributed by atoms with E-state index in [-0.39, 0.29) is 12.0 Å². The van der Waals surface area contributed by atoms with Crippen LogP contribution in [0.1, 0.15) is 50.5 Å². The molecule has 0 bridgehead atoms. The Kier molecular flexibility index (Phi) is 4.74. The number of likely N-dealkylation sites (tertiary alicyclic amines) is 1. The minimum atomic E-state index is -0.435. The monoisotopic (exact) mass is 372 g/mol. The van der Waals surface area contributed by atoms with Crippen molar-refractivity contribution in [2.24, 2.45) is 0 Å². The number of nitrogens with zero attached hydrogens (tertiary/aromatic N) is 1. The van der Waals surface area contributed by atoms with Crippen LogP contribution in [0.5, 0.6) is 5.75 Å². The fraction of sp³-hybridized carbons (Fsp3) is 0.619. The summed E-state index contributed by atoms with van der Waals surface area (Å²) in [7, 11) is 1.66. The van der Waals surface area contributed by atoms with Crippen molar-refractivity contribution in [1.82, 2.24) is 10.2 Å². The van der Waals surface area contributed by atoms with Gasteiger partial charge in [-0.1, -0.05) is 25.0 Å². The first-order chi connectivity index (χ1) is 13.1. The van der Waals surface area contributed by atoms with Gasteiger partial charge in [-0.25, -0.2) is 4.79 Å². The smallest absolute Gasteiger partial charge is 0.407 e. The predicted octanol–water partition coefficient (Wildman–Crippen LogP) is 3.00. The van der Waals surface area contributed by atoms with Crippen molar-refractivity contribution >= 4 is 12.0 Å². The zero-order valence-electron chi connectivity index (χ0n) is 16.0. The molecule has 2 aliphatic heterocycles. The van der Waals surface area contributed by atoms with Crippen LogP contribution in [0.25, 0.3) is 0 Å². The molecule has 1 aromatic carbocycles. The highest BCUT2D eigenvalue weighted by Crippen LogP contribution is 2.44. The Labute approximate surface area is 160 Å². The van der Waals surface area contributed by atoms with Gasteiger partial charge in [0.05, 0.1) is 19.1 Å². The molecule has 0 radical (unpaired) electrons. The van der Waals surface area contributed by atoms with Crippen LogP contribution in [0.2, 0.25) is 0 Å². The fourth-order valence-corrected chi connectivity index (χ4v) is 4.97. The number of hydrogen-bond acceptors (Lipinski definition) is 4. The summed E-state index contributed by atoms with van der Waals surface area (Å²) in [6, 6.07) is 7.99. The predicted molar refractivity (Wildman–Crippen MR) is 101 cm³/mol. The third-order valence-corrected chi connectivity index (χ3v) is 6.56. The normalized spacial score (nSPS) is 27.1. The van der Waals surface area contributed by atoms with Crippen molar-refractivity contribution in [3.05, 3.63) is 29.8 Å². The Morgan fingerprint density at radius 1 is 1.07 bits per heavy atom. The maximum atomic E-state index is 13.7. The maximum absolute atomic E-state index is 13.7. The summed E-state index contributed by atoms with van der Waals surface area (Å²) in [5, 5.41) is 2.77. The second-order valence-electron chi connectivity index (χ2n) is 8.09. The number of methoxy groups -OCH3 is 1. The average Bonchev–Trinajstić information content (AvgIpc) is 3.27. The second kappa shape index (κ2) is 7.06. The molecule has 146 valence electrons. The van der Waals surface area contributed by atoms with E-state index in [4.69, 9.17) is 9.47 Å². The molecule has 0 unspecified atom stereocenters. The summed E-state index contributed by atoms with van der Waals surface area (Å²) in [5.41, 5.74) is 0.238. The minimum Gasteiger partial charge on any atom is -0.497 e. The van der Waals surface area contributed by atoms with Crippen LogP contribution in [0, 0.1) is 0 Å². The second-order valence-corrected chi connectivity index (χ2v) is 8.09. The molecule has 3 aliphatic rings. The van der Waals surface area contributed by atoms with E-state index in [2.05, 4.69) is 5.32 Å². The van der Waals surface area contributed by atoms with Crippen molar-refractivity contribution < 1.29 is 19.1 Å². The van der Waals surface area contributed by atoms with Crippen molar-refractivity contribution in [2.75, 3.05) is 26.7 Å². The van der Waals surface area contributed by atoms with E-state index in [9.17, 15) is 9.59 Å². The Hall–Kier alpha value is -2.24.